The molecule has 134 valence electrons. The smallest absolute Gasteiger partial charge is 0.355 e. The number of nitrogens with one attached hydrogen (secondary N) is 1. The molecule has 1 saturated heterocycles. The monoisotopic (exact) mass is 371 g/mol. The molecule has 1 unspecified atom stereocenters. The SMILES string of the molecule is O=S(=O)(NC1CCN(c2ccccn2)C1)c1ccc(C(F)(F)F)cc1. The highest BCUT2D eigenvalue weighted by molar-refractivity contribution is 7.89. The van der Waals surface area contributed by atoms with Crippen LogP contribution >= 0.6 is 0 Å². The fourth-order valence-electron chi connectivity index (χ4n) is 2.72. The van der Waals surface area contributed by atoms with Crippen LogP contribution in [-0.4, -0.2) is 32.5 Å². The van der Waals surface area contributed by atoms with Gasteiger partial charge < -0.3 is 4.90 Å². The summed E-state index contributed by atoms with van der Waals surface area (Å²) in [5.74, 6) is 0.763. The maximum Gasteiger partial charge on any atom is 0.416 e. The second kappa shape index (κ2) is 6.64. The number of hydrogen-bond donors (Lipinski definition) is 1. The number of nitrogens with zero attached hydrogens (tertiary/aromatic N) is 2. The molecule has 5 nitrogen and oxygen atoms in total. The summed E-state index contributed by atoms with van der Waals surface area (Å²) in [6.45, 7) is 1.11. The van der Waals surface area contributed by atoms with E-state index in [1.807, 2.05) is 17.0 Å². The maximum absolute atomic E-state index is 12.6. The van der Waals surface area contributed by atoms with Crippen molar-refractivity contribution in [3.8, 4) is 0 Å². The van der Waals surface area contributed by atoms with Crippen molar-refractivity contribution in [3.05, 3.63) is 54.2 Å². The van der Waals surface area contributed by atoms with E-state index < -0.39 is 21.8 Å². The molecule has 2 aromatic rings. The molecule has 2 heterocycles. The quantitative estimate of drug-likeness (QED) is 0.898. The average molecular weight is 371 g/mol. The number of pyridine rings is 1. The van der Waals surface area contributed by atoms with Gasteiger partial charge >= 0.3 is 6.18 Å². The molecule has 0 radical (unpaired) electrons. The predicted octanol–water partition coefficient (Wildman–Crippen LogP) is 2.66. The zero-order chi connectivity index (χ0) is 18.1. The lowest BCUT2D eigenvalue weighted by molar-refractivity contribution is -0.137. The van der Waals surface area contributed by atoms with Crippen LogP contribution in [-0.2, 0) is 16.2 Å². The highest BCUT2D eigenvalue weighted by Gasteiger charge is 2.31. The average Bonchev–Trinajstić information content (AvgIpc) is 3.03. The molecular weight excluding hydrogens is 355 g/mol. The van der Waals surface area contributed by atoms with Gasteiger partial charge in [0.2, 0.25) is 10.0 Å². The summed E-state index contributed by atoms with van der Waals surface area (Å²) >= 11 is 0. The molecule has 1 fully saturated rings. The van der Waals surface area contributed by atoms with E-state index in [4.69, 9.17) is 0 Å². The molecule has 0 spiro atoms. The van der Waals surface area contributed by atoms with Gasteiger partial charge in [-0.25, -0.2) is 18.1 Å². The minimum Gasteiger partial charge on any atom is -0.355 e. The Morgan fingerprint density at radius 3 is 2.44 bits per heavy atom. The second-order valence-electron chi connectivity index (χ2n) is 5.76. The van der Waals surface area contributed by atoms with Crippen LogP contribution in [0.1, 0.15) is 12.0 Å². The van der Waals surface area contributed by atoms with Crippen molar-refractivity contribution in [3.63, 3.8) is 0 Å². The van der Waals surface area contributed by atoms with Crippen molar-refractivity contribution >= 4 is 15.8 Å². The van der Waals surface area contributed by atoms with E-state index in [0.717, 1.165) is 30.1 Å². The highest BCUT2D eigenvalue weighted by atomic mass is 32.2. The molecule has 0 bridgehead atoms. The molecule has 1 atom stereocenters. The first-order chi connectivity index (χ1) is 11.8. The minimum absolute atomic E-state index is 0.184. The van der Waals surface area contributed by atoms with Crippen LogP contribution in [0, 0.1) is 0 Å². The van der Waals surface area contributed by atoms with E-state index in [9.17, 15) is 21.6 Å². The zero-order valence-corrected chi connectivity index (χ0v) is 13.9. The number of aromatic nitrogens is 1. The summed E-state index contributed by atoms with van der Waals surface area (Å²) in [7, 11) is -3.88. The summed E-state index contributed by atoms with van der Waals surface area (Å²) in [6, 6.07) is 8.63. The van der Waals surface area contributed by atoms with Crippen molar-refractivity contribution < 1.29 is 21.6 Å². The fourth-order valence-corrected chi connectivity index (χ4v) is 3.98. The van der Waals surface area contributed by atoms with Crippen molar-refractivity contribution in [1.29, 1.82) is 0 Å². The summed E-state index contributed by atoms with van der Waals surface area (Å²) in [5, 5.41) is 0. The van der Waals surface area contributed by atoms with E-state index in [1.54, 1.807) is 12.3 Å². The summed E-state index contributed by atoms with van der Waals surface area (Å²) in [4.78, 5) is 6.00. The van der Waals surface area contributed by atoms with Gasteiger partial charge in [0.1, 0.15) is 5.82 Å². The van der Waals surface area contributed by atoms with Crippen molar-refractivity contribution in [2.45, 2.75) is 23.5 Å². The number of halogens is 3. The number of benzene rings is 1. The second-order valence-corrected chi connectivity index (χ2v) is 7.48. The molecule has 9 heteroatoms. The van der Waals surface area contributed by atoms with Gasteiger partial charge in [-0.3, -0.25) is 0 Å². The van der Waals surface area contributed by atoms with Gasteiger partial charge in [0.25, 0.3) is 0 Å². The van der Waals surface area contributed by atoms with Gasteiger partial charge in [-0.15, -0.1) is 0 Å². The Morgan fingerprint density at radius 2 is 1.84 bits per heavy atom. The molecule has 3 rings (SSSR count). The first-order valence-electron chi connectivity index (χ1n) is 7.61. The van der Waals surface area contributed by atoms with Gasteiger partial charge in [0, 0.05) is 25.3 Å². The largest absolute Gasteiger partial charge is 0.416 e. The van der Waals surface area contributed by atoms with Crippen molar-refractivity contribution in [2.24, 2.45) is 0 Å². The van der Waals surface area contributed by atoms with Gasteiger partial charge in [-0.05, 0) is 42.8 Å². The molecule has 1 aromatic heterocycles. The first kappa shape index (κ1) is 17.7. The van der Waals surface area contributed by atoms with E-state index in [2.05, 4.69) is 9.71 Å². The standard InChI is InChI=1S/C16H16F3N3O2S/c17-16(18,19)12-4-6-14(7-5-12)25(23,24)21-13-8-10-22(11-13)15-3-1-2-9-20-15/h1-7,9,13,21H,8,10-11H2. The Kier molecular flexibility index (Phi) is 4.70. The van der Waals surface area contributed by atoms with Gasteiger partial charge in [-0.2, -0.15) is 13.2 Å². The predicted molar refractivity (Wildman–Crippen MR) is 86.6 cm³/mol. The van der Waals surface area contributed by atoms with Crippen LogP contribution in [0.3, 0.4) is 0 Å². The lowest BCUT2D eigenvalue weighted by Gasteiger charge is -2.18. The first-order valence-corrected chi connectivity index (χ1v) is 9.09. The van der Waals surface area contributed by atoms with Gasteiger partial charge in [-0.1, -0.05) is 6.07 Å². The fraction of sp³-hybridized carbons (Fsp3) is 0.312. The molecule has 0 aliphatic carbocycles. The van der Waals surface area contributed by atoms with Crippen molar-refractivity contribution in [1.82, 2.24) is 9.71 Å². The Hall–Kier alpha value is -2.13. The van der Waals surface area contributed by atoms with E-state index in [-0.39, 0.29) is 10.9 Å². The number of alkyl halides is 3. The lowest BCUT2D eigenvalue weighted by atomic mass is 10.2. The zero-order valence-electron chi connectivity index (χ0n) is 13.1. The Balaban J connectivity index is 1.68. The molecule has 1 N–H and O–H groups in total. The normalized spacial score (nSPS) is 18.5. The third kappa shape index (κ3) is 4.10. The number of anilines is 1. The van der Waals surface area contributed by atoms with E-state index in [1.165, 1.54) is 0 Å². The topological polar surface area (TPSA) is 62.3 Å². The number of rotatable bonds is 4. The summed E-state index contributed by atoms with van der Waals surface area (Å²) in [6.07, 6.45) is -2.24. The van der Waals surface area contributed by atoms with Crippen molar-refractivity contribution in [2.75, 3.05) is 18.0 Å². The third-order valence-corrected chi connectivity index (χ3v) is 5.51. The maximum atomic E-state index is 12.6. The van der Waals surface area contributed by atoms with Crippen LogP contribution in [0.5, 0.6) is 0 Å². The van der Waals surface area contributed by atoms with Crippen LogP contribution in [0.15, 0.2) is 53.6 Å². The van der Waals surface area contributed by atoms with E-state index >= 15 is 0 Å². The number of hydrogen-bond acceptors (Lipinski definition) is 4. The summed E-state index contributed by atoms with van der Waals surface area (Å²) in [5.41, 5.74) is -0.881. The van der Waals surface area contributed by atoms with Gasteiger partial charge in [0.15, 0.2) is 0 Å². The molecule has 0 saturated carbocycles. The Bertz CT molecular complexity index is 824. The van der Waals surface area contributed by atoms with Crippen LogP contribution in [0.25, 0.3) is 0 Å². The van der Waals surface area contributed by atoms with Crippen LogP contribution in [0.2, 0.25) is 0 Å². The van der Waals surface area contributed by atoms with Crippen LogP contribution in [0.4, 0.5) is 19.0 Å². The molecule has 1 aliphatic heterocycles. The highest BCUT2D eigenvalue weighted by Crippen LogP contribution is 2.29. The Labute approximate surface area is 143 Å². The Morgan fingerprint density at radius 1 is 1.12 bits per heavy atom. The molecule has 1 aromatic carbocycles. The third-order valence-electron chi connectivity index (χ3n) is 3.98. The lowest BCUT2D eigenvalue weighted by Crippen LogP contribution is -2.37. The molecule has 1 aliphatic rings. The van der Waals surface area contributed by atoms with E-state index in [0.29, 0.717) is 19.5 Å². The molecule has 0 amide bonds. The number of sulfonamides is 1. The molecular formula is C16H16F3N3O2S. The summed E-state index contributed by atoms with van der Waals surface area (Å²) < 4.78 is 65.0. The molecule has 25 heavy (non-hydrogen) atoms. The van der Waals surface area contributed by atoms with Crippen LogP contribution < -0.4 is 9.62 Å². The van der Waals surface area contributed by atoms with Gasteiger partial charge in [0.05, 0.1) is 10.5 Å². The minimum atomic E-state index is -4.50.